The lowest BCUT2D eigenvalue weighted by Crippen LogP contribution is -2.00. The van der Waals surface area contributed by atoms with Gasteiger partial charge in [0.05, 0.1) is 17.2 Å². The summed E-state index contributed by atoms with van der Waals surface area (Å²) in [7, 11) is 0. The normalized spacial score (nSPS) is 10.9. The zero-order valence-electron chi connectivity index (χ0n) is 9.08. The molecule has 2 aromatic rings. The predicted molar refractivity (Wildman–Crippen MR) is 66.1 cm³/mol. The smallest absolute Gasteiger partial charge is 0.216 e. The minimum Gasteiger partial charge on any atom is -0.618 e. The van der Waals surface area contributed by atoms with Crippen molar-refractivity contribution >= 4 is 11.9 Å². The van der Waals surface area contributed by atoms with Crippen LogP contribution in [0.5, 0.6) is 0 Å². The summed E-state index contributed by atoms with van der Waals surface area (Å²) in [6.45, 7) is 0. The molecule has 0 atom stereocenters. The van der Waals surface area contributed by atoms with E-state index in [0.717, 1.165) is 4.74 Å². The average Bonchev–Trinajstić information content (AvgIpc) is 2.40. The number of hydrogen-bond acceptors (Lipinski definition) is 2. The van der Waals surface area contributed by atoms with E-state index in [9.17, 15) is 5.21 Å². The van der Waals surface area contributed by atoms with Crippen molar-refractivity contribution < 1.29 is 4.74 Å². The van der Waals surface area contributed by atoms with E-state index in [1.165, 1.54) is 6.21 Å². The highest BCUT2D eigenvalue weighted by atomic mass is 16.5. The lowest BCUT2D eigenvalue weighted by atomic mass is 10.1. The van der Waals surface area contributed by atoms with Gasteiger partial charge in [0.1, 0.15) is 0 Å². The molecule has 2 rings (SSSR count). The Kier molecular flexibility index (Phi) is 3.18. The van der Waals surface area contributed by atoms with Crippen LogP contribution in [-0.2, 0) is 0 Å². The SMILES string of the molecule is N#Cc1ccccc1/C=[N+](/[O-])c1ccccc1. The predicted octanol–water partition coefficient (Wildman–Crippen LogP) is 2.82. The molecule has 0 saturated carbocycles. The lowest BCUT2D eigenvalue weighted by Gasteiger charge is -2.02. The molecule has 0 radical (unpaired) electrons. The van der Waals surface area contributed by atoms with Crippen molar-refractivity contribution in [1.29, 1.82) is 5.26 Å². The van der Waals surface area contributed by atoms with E-state index in [4.69, 9.17) is 5.26 Å². The Hall–Kier alpha value is -2.60. The molecule has 0 bridgehead atoms. The molecule has 0 fully saturated rings. The van der Waals surface area contributed by atoms with Gasteiger partial charge in [0.2, 0.25) is 5.69 Å². The highest BCUT2D eigenvalue weighted by Gasteiger charge is 2.03. The number of rotatable bonds is 2. The van der Waals surface area contributed by atoms with E-state index in [0.29, 0.717) is 16.8 Å². The summed E-state index contributed by atoms with van der Waals surface area (Å²) in [6.07, 6.45) is 1.41. The maximum absolute atomic E-state index is 11.8. The molecule has 3 nitrogen and oxygen atoms in total. The Balaban J connectivity index is 2.41. The molecule has 0 unspecified atom stereocenters. The minimum absolute atomic E-state index is 0.490. The first-order chi connectivity index (χ1) is 8.31. The number of benzene rings is 2. The van der Waals surface area contributed by atoms with Gasteiger partial charge in [0.15, 0.2) is 6.21 Å². The molecule has 0 saturated heterocycles. The molecule has 0 aromatic heterocycles. The number of nitriles is 1. The van der Waals surface area contributed by atoms with E-state index < -0.39 is 0 Å². The second-order valence-corrected chi connectivity index (χ2v) is 3.49. The number of hydrogen-bond donors (Lipinski definition) is 0. The molecule has 3 heteroatoms. The van der Waals surface area contributed by atoms with Crippen LogP contribution in [0.15, 0.2) is 54.6 Å². The van der Waals surface area contributed by atoms with Crippen LogP contribution in [0.25, 0.3) is 0 Å². The van der Waals surface area contributed by atoms with Crippen LogP contribution in [0.4, 0.5) is 5.69 Å². The topological polar surface area (TPSA) is 49.9 Å². The van der Waals surface area contributed by atoms with Crippen molar-refractivity contribution in [3.05, 3.63) is 70.9 Å². The van der Waals surface area contributed by atoms with Gasteiger partial charge in [-0.25, -0.2) is 0 Å². The molecule has 0 amide bonds. The van der Waals surface area contributed by atoms with Crippen molar-refractivity contribution in [3.63, 3.8) is 0 Å². The molecule has 0 aliphatic heterocycles. The molecule has 17 heavy (non-hydrogen) atoms. The second kappa shape index (κ2) is 4.95. The number of nitrogens with zero attached hydrogens (tertiary/aromatic N) is 2. The quantitative estimate of drug-likeness (QED) is 0.339. The van der Waals surface area contributed by atoms with Gasteiger partial charge < -0.3 is 5.21 Å². The Bertz CT molecular complexity index is 583. The summed E-state index contributed by atoms with van der Waals surface area (Å²) < 4.78 is 0.760. The van der Waals surface area contributed by atoms with Crippen molar-refractivity contribution in [2.24, 2.45) is 0 Å². The Morgan fingerprint density at radius 1 is 1.00 bits per heavy atom. The van der Waals surface area contributed by atoms with Crippen molar-refractivity contribution in [2.75, 3.05) is 0 Å². The van der Waals surface area contributed by atoms with Crippen LogP contribution in [0.3, 0.4) is 0 Å². The molecule has 0 aliphatic carbocycles. The molecule has 0 spiro atoms. The Morgan fingerprint density at radius 3 is 2.35 bits per heavy atom. The highest BCUT2D eigenvalue weighted by molar-refractivity contribution is 5.80. The summed E-state index contributed by atoms with van der Waals surface area (Å²) in [4.78, 5) is 0. The monoisotopic (exact) mass is 222 g/mol. The largest absolute Gasteiger partial charge is 0.618 e. The van der Waals surface area contributed by atoms with Gasteiger partial charge in [-0.15, -0.1) is 0 Å². The van der Waals surface area contributed by atoms with Crippen molar-refractivity contribution in [3.8, 4) is 6.07 Å². The van der Waals surface area contributed by atoms with E-state index in [2.05, 4.69) is 6.07 Å². The van der Waals surface area contributed by atoms with Crippen LogP contribution in [0.1, 0.15) is 11.1 Å². The van der Waals surface area contributed by atoms with E-state index in [1.54, 1.807) is 48.5 Å². The number of para-hydroxylation sites is 1. The third-order valence-electron chi connectivity index (χ3n) is 2.35. The molecule has 0 heterocycles. The molecular weight excluding hydrogens is 212 g/mol. The third-order valence-corrected chi connectivity index (χ3v) is 2.35. The van der Waals surface area contributed by atoms with Crippen LogP contribution in [0, 0.1) is 16.5 Å². The van der Waals surface area contributed by atoms with Gasteiger partial charge >= 0.3 is 0 Å². The second-order valence-electron chi connectivity index (χ2n) is 3.49. The first kappa shape index (κ1) is 10.9. The molecule has 2 aromatic carbocycles. The van der Waals surface area contributed by atoms with E-state index >= 15 is 0 Å². The summed E-state index contributed by atoms with van der Waals surface area (Å²) in [5, 5.41) is 20.7. The third kappa shape index (κ3) is 2.50. The molecule has 0 N–H and O–H groups in total. The van der Waals surface area contributed by atoms with Gasteiger partial charge in [-0.2, -0.15) is 10.0 Å². The zero-order valence-corrected chi connectivity index (χ0v) is 9.08. The molecule has 82 valence electrons. The Morgan fingerprint density at radius 2 is 1.65 bits per heavy atom. The van der Waals surface area contributed by atoms with Crippen LogP contribution in [-0.4, -0.2) is 11.0 Å². The van der Waals surface area contributed by atoms with Crippen LogP contribution < -0.4 is 0 Å². The maximum Gasteiger partial charge on any atom is 0.216 e. The maximum atomic E-state index is 11.8. The molecule has 0 aliphatic rings. The summed E-state index contributed by atoms with van der Waals surface area (Å²) in [5.74, 6) is 0. The first-order valence-corrected chi connectivity index (χ1v) is 5.16. The standard InChI is InChI=1S/C14H10N2O/c15-10-12-6-4-5-7-13(12)11-16(17)14-8-2-1-3-9-14/h1-9,11H/b16-11+. The van der Waals surface area contributed by atoms with Crippen molar-refractivity contribution in [1.82, 2.24) is 0 Å². The van der Waals surface area contributed by atoms with Gasteiger partial charge in [0.25, 0.3) is 0 Å². The van der Waals surface area contributed by atoms with Crippen molar-refractivity contribution in [2.45, 2.75) is 0 Å². The van der Waals surface area contributed by atoms with Gasteiger partial charge in [0, 0.05) is 12.1 Å². The van der Waals surface area contributed by atoms with E-state index in [-0.39, 0.29) is 0 Å². The summed E-state index contributed by atoms with van der Waals surface area (Å²) in [6, 6.07) is 17.9. The minimum atomic E-state index is 0.490. The lowest BCUT2D eigenvalue weighted by molar-refractivity contribution is -0.354. The average molecular weight is 222 g/mol. The van der Waals surface area contributed by atoms with Crippen LogP contribution >= 0.6 is 0 Å². The fourth-order valence-corrected chi connectivity index (χ4v) is 1.49. The summed E-state index contributed by atoms with van der Waals surface area (Å²) >= 11 is 0. The fraction of sp³-hybridized carbons (Fsp3) is 0. The van der Waals surface area contributed by atoms with Gasteiger partial charge in [-0.05, 0) is 12.1 Å². The summed E-state index contributed by atoms with van der Waals surface area (Å²) in [5.41, 5.74) is 1.65. The Labute approximate surface area is 99.5 Å². The van der Waals surface area contributed by atoms with Gasteiger partial charge in [-0.3, -0.25) is 0 Å². The van der Waals surface area contributed by atoms with E-state index in [1.807, 2.05) is 6.07 Å². The fourth-order valence-electron chi connectivity index (χ4n) is 1.49. The first-order valence-electron chi connectivity index (χ1n) is 5.16. The zero-order chi connectivity index (χ0) is 12.1. The molecular formula is C14H10N2O. The van der Waals surface area contributed by atoms with Gasteiger partial charge in [-0.1, -0.05) is 30.3 Å². The highest BCUT2D eigenvalue weighted by Crippen LogP contribution is 2.10. The van der Waals surface area contributed by atoms with Crippen LogP contribution in [0.2, 0.25) is 0 Å².